The molecule has 0 spiro atoms. The van der Waals surface area contributed by atoms with Crippen molar-refractivity contribution in [3.8, 4) is 0 Å². The fourth-order valence-corrected chi connectivity index (χ4v) is 2.60. The van der Waals surface area contributed by atoms with Gasteiger partial charge in [0.2, 0.25) is 0 Å². The molecule has 0 aliphatic heterocycles. The molecule has 0 aliphatic rings. The minimum absolute atomic E-state index is 0.960. The van der Waals surface area contributed by atoms with Crippen molar-refractivity contribution in [2.45, 2.75) is 13.8 Å². The van der Waals surface area contributed by atoms with Crippen molar-refractivity contribution >= 4 is 32.7 Å². The lowest BCUT2D eigenvalue weighted by molar-refractivity contribution is 1.18. The van der Waals surface area contributed by atoms with E-state index in [1.165, 1.54) is 21.7 Å². The fraction of sp³-hybridized carbons (Fsp3) is 0.125. The van der Waals surface area contributed by atoms with Gasteiger partial charge in [0.15, 0.2) is 0 Å². The quantitative estimate of drug-likeness (QED) is 0.512. The van der Waals surface area contributed by atoms with E-state index < -0.39 is 0 Å². The van der Waals surface area contributed by atoms with Crippen LogP contribution in [-0.2, 0) is 0 Å². The lowest BCUT2D eigenvalue weighted by Gasteiger charge is -1.99. The van der Waals surface area contributed by atoms with E-state index >= 15 is 0 Å². The first-order valence-corrected chi connectivity index (χ1v) is 6.36. The zero-order valence-electron chi connectivity index (χ0n) is 10.9. The summed E-state index contributed by atoms with van der Waals surface area (Å²) in [6.45, 7) is 4.15. The molecule has 3 aromatic heterocycles. The number of aromatic nitrogens is 3. The van der Waals surface area contributed by atoms with Gasteiger partial charge in [-0.2, -0.15) is 0 Å². The van der Waals surface area contributed by atoms with Crippen LogP contribution in [-0.4, -0.2) is 15.0 Å². The highest BCUT2D eigenvalue weighted by Gasteiger charge is 2.08. The number of pyridine rings is 2. The number of hydrogen-bond donors (Lipinski definition) is 1. The van der Waals surface area contributed by atoms with E-state index in [9.17, 15) is 0 Å². The van der Waals surface area contributed by atoms with E-state index in [2.05, 4.69) is 40.1 Å². The Kier molecular flexibility index (Phi) is 1.96. The average molecular weight is 247 g/mol. The summed E-state index contributed by atoms with van der Waals surface area (Å²) >= 11 is 0. The number of fused-ring (bicyclic) bond motifs is 4. The van der Waals surface area contributed by atoms with Gasteiger partial charge in [0.05, 0.1) is 0 Å². The Balaban J connectivity index is 2.22. The van der Waals surface area contributed by atoms with E-state index in [0.29, 0.717) is 0 Å². The number of nitrogens with zero attached hydrogens (tertiary/aromatic N) is 2. The van der Waals surface area contributed by atoms with Crippen molar-refractivity contribution in [1.82, 2.24) is 15.0 Å². The van der Waals surface area contributed by atoms with Gasteiger partial charge in [0.1, 0.15) is 5.65 Å². The molecule has 3 nitrogen and oxygen atoms in total. The summed E-state index contributed by atoms with van der Waals surface area (Å²) in [6.07, 6.45) is 3.72. The van der Waals surface area contributed by atoms with Crippen molar-refractivity contribution in [3.05, 3.63) is 47.9 Å². The predicted octanol–water partition coefficient (Wildman–Crippen LogP) is 3.88. The van der Waals surface area contributed by atoms with Gasteiger partial charge < -0.3 is 4.98 Å². The smallest absolute Gasteiger partial charge is 0.138 e. The van der Waals surface area contributed by atoms with E-state index in [1.54, 1.807) is 0 Å². The number of aromatic amines is 1. The maximum Gasteiger partial charge on any atom is 0.138 e. The molecule has 0 unspecified atom stereocenters. The molecular weight excluding hydrogens is 234 g/mol. The standard InChI is InChI=1S/C16H13N3/c1-9-5-14-13-6-11-3-4-17-8-12(11)7-15(13)19-16(14)18-10(9)2/h3-8H,1-2H3,(H,18,19). The first kappa shape index (κ1) is 10.5. The van der Waals surface area contributed by atoms with Crippen LogP contribution in [0, 0.1) is 13.8 Å². The molecule has 92 valence electrons. The largest absolute Gasteiger partial charge is 0.339 e. The van der Waals surface area contributed by atoms with Crippen LogP contribution in [0.15, 0.2) is 36.7 Å². The van der Waals surface area contributed by atoms with Crippen molar-refractivity contribution in [3.63, 3.8) is 0 Å². The third kappa shape index (κ3) is 1.45. The number of rotatable bonds is 0. The summed E-state index contributed by atoms with van der Waals surface area (Å²) in [5.41, 5.74) is 4.38. The molecule has 0 bridgehead atoms. The van der Waals surface area contributed by atoms with E-state index in [0.717, 1.165) is 22.2 Å². The number of aryl methyl sites for hydroxylation is 2. The highest BCUT2D eigenvalue weighted by Crippen LogP contribution is 2.29. The number of H-pyrrole nitrogens is 1. The van der Waals surface area contributed by atoms with Gasteiger partial charge in [-0.05, 0) is 49.1 Å². The Morgan fingerprint density at radius 2 is 1.89 bits per heavy atom. The van der Waals surface area contributed by atoms with Gasteiger partial charge in [-0.25, -0.2) is 4.98 Å². The van der Waals surface area contributed by atoms with Gasteiger partial charge in [0, 0.05) is 39.8 Å². The minimum Gasteiger partial charge on any atom is -0.339 e. The maximum absolute atomic E-state index is 4.63. The Bertz CT molecular complexity index is 935. The number of benzene rings is 1. The predicted molar refractivity (Wildman–Crippen MR) is 78.4 cm³/mol. The lowest BCUT2D eigenvalue weighted by atomic mass is 10.1. The van der Waals surface area contributed by atoms with Crippen LogP contribution in [0.3, 0.4) is 0 Å². The minimum atomic E-state index is 0.960. The summed E-state index contributed by atoms with van der Waals surface area (Å²) in [5, 5.41) is 4.78. The first-order valence-electron chi connectivity index (χ1n) is 6.36. The zero-order chi connectivity index (χ0) is 13.0. The highest BCUT2D eigenvalue weighted by atomic mass is 14.9. The number of nitrogens with one attached hydrogen (secondary N) is 1. The van der Waals surface area contributed by atoms with Gasteiger partial charge in [0.25, 0.3) is 0 Å². The van der Waals surface area contributed by atoms with Crippen LogP contribution in [0.25, 0.3) is 32.7 Å². The summed E-state index contributed by atoms with van der Waals surface area (Å²) in [5.74, 6) is 0. The summed E-state index contributed by atoms with van der Waals surface area (Å²) < 4.78 is 0. The molecule has 4 aromatic rings. The molecule has 0 atom stereocenters. The van der Waals surface area contributed by atoms with E-state index in [-0.39, 0.29) is 0 Å². The fourth-order valence-electron chi connectivity index (χ4n) is 2.60. The molecule has 19 heavy (non-hydrogen) atoms. The van der Waals surface area contributed by atoms with Gasteiger partial charge in [-0.3, -0.25) is 4.98 Å². The Hall–Kier alpha value is -2.42. The molecule has 0 aliphatic carbocycles. The molecule has 0 saturated heterocycles. The molecule has 0 amide bonds. The molecular formula is C16H13N3. The Morgan fingerprint density at radius 3 is 2.79 bits per heavy atom. The molecule has 0 saturated carbocycles. The van der Waals surface area contributed by atoms with Crippen LogP contribution in [0.1, 0.15) is 11.3 Å². The van der Waals surface area contributed by atoms with Crippen LogP contribution >= 0.6 is 0 Å². The molecule has 0 radical (unpaired) electrons. The van der Waals surface area contributed by atoms with E-state index in [4.69, 9.17) is 0 Å². The van der Waals surface area contributed by atoms with Crippen molar-refractivity contribution < 1.29 is 0 Å². The summed E-state index contributed by atoms with van der Waals surface area (Å²) in [4.78, 5) is 12.2. The monoisotopic (exact) mass is 247 g/mol. The van der Waals surface area contributed by atoms with Crippen LogP contribution in [0.5, 0.6) is 0 Å². The van der Waals surface area contributed by atoms with E-state index in [1.807, 2.05) is 25.4 Å². The van der Waals surface area contributed by atoms with Gasteiger partial charge in [-0.1, -0.05) is 0 Å². The van der Waals surface area contributed by atoms with Crippen LogP contribution in [0.4, 0.5) is 0 Å². The van der Waals surface area contributed by atoms with Crippen LogP contribution in [0.2, 0.25) is 0 Å². The first-order chi connectivity index (χ1) is 9.22. The highest BCUT2D eigenvalue weighted by molar-refractivity contribution is 6.11. The average Bonchev–Trinajstić information content (AvgIpc) is 2.74. The second kappa shape index (κ2) is 3.54. The summed E-state index contributed by atoms with van der Waals surface area (Å²) in [6, 6.07) is 8.61. The van der Waals surface area contributed by atoms with Gasteiger partial charge in [-0.15, -0.1) is 0 Å². The maximum atomic E-state index is 4.63. The van der Waals surface area contributed by atoms with Crippen LogP contribution < -0.4 is 0 Å². The summed E-state index contributed by atoms with van der Waals surface area (Å²) in [7, 11) is 0. The molecule has 0 fully saturated rings. The normalized spacial score (nSPS) is 11.7. The third-order valence-corrected chi connectivity index (χ3v) is 3.79. The zero-order valence-corrected chi connectivity index (χ0v) is 10.9. The Morgan fingerprint density at radius 1 is 1.00 bits per heavy atom. The molecule has 4 rings (SSSR count). The lowest BCUT2D eigenvalue weighted by Crippen LogP contribution is -1.86. The molecule has 3 heteroatoms. The topological polar surface area (TPSA) is 41.6 Å². The van der Waals surface area contributed by atoms with Crippen molar-refractivity contribution in [1.29, 1.82) is 0 Å². The third-order valence-electron chi connectivity index (χ3n) is 3.79. The second-order valence-electron chi connectivity index (χ2n) is 5.03. The van der Waals surface area contributed by atoms with Gasteiger partial charge >= 0.3 is 0 Å². The molecule has 1 N–H and O–H groups in total. The SMILES string of the molecule is Cc1cc2c(nc1C)[nH]c1cc3cnccc3cc12. The molecule has 3 heterocycles. The van der Waals surface area contributed by atoms with Crippen molar-refractivity contribution in [2.75, 3.05) is 0 Å². The van der Waals surface area contributed by atoms with Crippen molar-refractivity contribution in [2.24, 2.45) is 0 Å². The Labute approximate surface area is 110 Å². The molecule has 1 aromatic carbocycles. The second-order valence-corrected chi connectivity index (χ2v) is 5.03. The number of hydrogen-bond acceptors (Lipinski definition) is 2.